The van der Waals surface area contributed by atoms with E-state index in [4.69, 9.17) is 23.4 Å². The van der Waals surface area contributed by atoms with E-state index < -0.39 is 58.8 Å². The normalized spacial score (nSPS) is 27.5. The van der Waals surface area contributed by atoms with Crippen LogP contribution in [0, 0.1) is 11.8 Å². The molecule has 0 saturated heterocycles. The lowest BCUT2D eigenvalue weighted by Gasteiger charge is -2.54. The van der Waals surface area contributed by atoms with E-state index in [2.05, 4.69) is 4.98 Å². The largest absolute Gasteiger partial charge is 0.482 e. The zero-order valence-electron chi connectivity index (χ0n) is 21.9. The van der Waals surface area contributed by atoms with Gasteiger partial charge in [-0.2, -0.15) is 0 Å². The lowest BCUT2D eigenvalue weighted by Crippen LogP contribution is -2.63. The number of aliphatic hydroxyl groups excluding tert-OH is 1. The van der Waals surface area contributed by atoms with Crippen molar-refractivity contribution in [1.82, 2.24) is 4.98 Å². The summed E-state index contributed by atoms with van der Waals surface area (Å²) in [7, 11) is 0. The molecule has 38 heavy (non-hydrogen) atoms. The van der Waals surface area contributed by atoms with Crippen LogP contribution in [0.4, 0.5) is 0 Å². The molecule has 204 valence electrons. The fraction of sp³-hybridized carbons (Fsp3) is 0.519. The number of ether oxygens (including phenoxy) is 4. The highest BCUT2D eigenvalue weighted by Crippen LogP contribution is 2.54. The molecule has 4 rings (SSSR count). The summed E-state index contributed by atoms with van der Waals surface area (Å²) in [5, 5.41) is 11.5. The number of carbonyl (C=O) groups excluding carboxylic acids is 3. The lowest BCUT2D eigenvalue weighted by molar-refractivity contribution is -0.215. The summed E-state index contributed by atoms with van der Waals surface area (Å²) in [5.41, 5.74) is -2.83. The van der Waals surface area contributed by atoms with Crippen molar-refractivity contribution < 1.29 is 42.9 Å². The highest BCUT2D eigenvalue weighted by Gasteiger charge is 2.60. The van der Waals surface area contributed by atoms with Crippen LogP contribution in [0.3, 0.4) is 0 Å². The third-order valence-electron chi connectivity index (χ3n) is 7.43. The van der Waals surface area contributed by atoms with Gasteiger partial charge in [-0.1, -0.05) is 0 Å². The second-order valence-corrected chi connectivity index (χ2v) is 10.2. The second kappa shape index (κ2) is 10.2. The van der Waals surface area contributed by atoms with Gasteiger partial charge in [-0.05, 0) is 38.8 Å². The van der Waals surface area contributed by atoms with E-state index in [1.54, 1.807) is 32.2 Å². The average molecular weight is 530 g/mol. The molecule has 0 spiro atoms. The molecule has 2 unspecified atom stereocenters. The van der Waals surface area contributed by atoms with Crippen LogP contribution in [0.1, 0.15) is 59.1 Å². The van der Waals surface area contributed by atoms with Crippen molar-refractivity contribution in [2.75, 3.05) is 6.61 Å². The van der Waals surface area contributed by atoms with E-state index in [0.717, 1.165) is 0 Å². The third-order valence-corrected chi connectivity index (χ3v) is 7.43. The van der Waals surface area contributed by atoms with Crippen LogP contribution >= 0.6 is 0 Å². The zero-order valence-corrected chi connectivity index (χ0v) is 21.9. The maximum Gasteiger partial charge on any atom is 0.345 e. The summed E-state index contributed by atoms with van der Waals surface area (Å²) in [6.45, 7) is 6.82. The first-order chi connectivity index (χ1) is 17.8. The van der Waals surface area contributed by atoms with Crippen LogP contribution in [-0.2, 0) is 28.6 Å². The highest BCUT2D eigenvalue weighted by atomic mass is 16.6. The summed E-state index contributed by atoms with van der Waals surface area (Å²) in [5.74, 6) is -2.70. The Bertz CT molecular complexity index is 1290. The van der Waals surface area contributed by atoms with Crippen molar-refractivity contribution >= 4 is 17.9 Å². The van der Waals surface area contributed by atoms with Crippen LogP contribution in [0.5, 0.6) is 5.75 Å². The average Bonchev–Trinajstić information content (AvgIpc) is 2.83. The molecule has 0 amide bonds. The number of aliphatic hydroxyl groups is 1. The van der Waals surface area contributed by atoms with Gasteiger partial charge >= 0.3 is 23.5 Å². The lowest BCUT2D eigenvalue weighted by atomic mass is 9.62. The first-order valence-electron chi connectivity index (χ1n) is 12.3. The van der Waals surface area contributed by atoms with E-state index in [1.165, 1.54) is 33.0 Å². The summed E-state index contributed by atoms with van der Waals surface area (Å²) in [6, 6.07) is 4.92. The Hall–Kier alpha value is -3.73. The Morgan fingerprint density at radius 3 is 2.53 bits per heavy atom. The topological polar surface area (TPSA) is 151 Å². The van der Waals surface area contributed by atoms with Crippen LogP contribution < -0.4 is 10.4 Å². The summed E-state index contributed by atoms with van der Waals surface area (Å²) >= 11 is 0. The highest BCUT2D eigenvalue weighted by molar-refractivity contribution is 5.68. The molecule has 2 aromatic rings. The number of hydrogen-bond donors (Lipinski definition) is 1. The number of hydrogen-bond acceptors (Lipinski definition) is 11. The molecule has 1 aliphatic heterocycles. The molecule has 1 aliphatic carbocycles. The first-order valence-corrected chi connectivity index (χ1v) is 12.3. The zero-order chi connectivity index (χ0) is 27.8. The smallest absolute Gasteiger partial charge is 0.345 e. The molecule has 11 nitrogen and oxygen atoms in total. The molecule has 0 radical (unpaired) electrons. The van der Waals surface area contributed by atoms with Gasteiger partial charge in [0.25, 0.3) is 0 Å². The predicted octanol–water partition coefficient (Wildman–Crippen LogP) is 2.73. The van der Waals surface area contributed by atoms with Gasteiger partial charge in [-0.15, -0.1) is 0 Å². The molecule has 0 bridgehead atoms. The summed E-state index contributed by atoms with van der Waals surface area (Å²) in [6.07, 6.45) is 1.24. The van der Waals surface area contributed by atoms with Crippen LogP contribution in [-0.4, -0.2) is 51.9 Å². The van der Waals surface area contributed by atoms with Gasteiger partial charge in [0.1, 0.15) is 41.0 Å². The summed E-state index contributed by atoms with van der Waals surface area (Å²) in [4.78, 5) is 52.8. The van der Waals surface area contributed by atoms with Crippen molar-refractivity contribution in [2.24, 2.45) is 11.8 Å². The second-order valence-electron chi connectivity index (χ2n) is 10.2. The Kier molecular flexibility index (Phi) is 7.33. The molecular formula is C27H31NO10. The molecule has 6 atom stereocenters. The Morgan fingerprint density at radius 1 is 1.18 bits per heavy atom. The van der Waals surface area contributed by atoms with Crippen molar-refractivity contribution in [2.45, 2.75) is 70.9 Å². The number of esters is 3. The molecule has 1 fully saturated rings. The molecule has 1 N–H and O–H groups in total. The van der Waals surface area contributed by atoms with E-state index in [0.29, 0.717) is 5.56 Å². The Labute approximate surface area is 219 Å². The number of fused-ring (bicyclic) bond motifs is 2. The van der Waals surface area contributed by atoms with E-state index in [-0.39, 0.29) is 36.5 Å². The van der Waals surface area contributed by atoms with Crippen molar-refractivity contribution in [3.05, 3.63) is 46.6 Å². The minimum absolute atomic E-state index is 0.0588. The number of pyridine rings is 1. The fourth-order valence-corrected chi connectivity index (χ4v) is 5.54. The van der Waals surface area contributed by atoms with Gasteiger partial charge in [-0.3, -0.25) is 19.4 Å². The molecule has 3 heterocycles. The number of aromatic nitrogens is 1. The quantitative estimate of drug-likeness (QED) is 0.434. The summed E-state index contributed by atoms with van der Waals surface area (Å²) < 4.78 is 28.4. The van der Waals surface area contributed by atoms with Crippen molar-refractivity contribution in [3.8, 4) is 17.1 Å². The maximum atomic E-state index is 13.1. The third kappa shape index (κ3) is 5.15. The molecule has 2 aliphatic rings. The Balaban J connectivity index is 1.78. The number of carbonyl (C=O) groups is 3. The molecule has 2 aromatic heterocycles. The molecule has 11 heteroatoms. The monoisotopic (exact) mass is 529 g/mol. The standard InChI is InChI=1S/C27H31NO10/c1-14(29)34-13-26(4,37-16(3)31)18-9-19-24(32)23-21(38-27(19,5)22(10-18)35-15(2)30)11-20(36-25(23)33)17-7-6-8-28-12-17/h6-8,11-12,18-19,22,24,32H,9-10,13H2,1-5H3/t18?,19-,22-,24+,26?,27-/m0/s1. The van der Waals surface area contributed by atoms with Crippen LogP contribution in [0.2, 0.25) is 0 Å². The van der Waals surface area contributed by atoms with Crippen LogP contribution in [0.15, 0.2) is 39.8 Å². The van der Waals surface area contributed by atoms with Gasteiger partial charge in [0.05, 0.1) is 6.10 Å². The fourth-order valence-electron chi connectivity index (χ4n) is 5.54. The van der Waals surface area contributed by atoms with Crippen LogP contribution in [0.25, 0.3) is 11.3 Å². The van der Waals surface area contributed by atoms with Gasteiger partial charge < -0.3 is 28.5 Å². The van der Waals surface area contributed by atoms with Gasteiger partial charge in [0, 0.05) is 56.6 Å². The van der Waals surface area contributed by atoms with Gasteiger partial charge in [0.15, 0.2) is 0 Å². The number of nitrogens with zero attached hydrogens (tertiary/aromatic N) is 1. The SMILES string of the molecule is CC(=O)OCC(C)(OC(C)=O)C1C[C@H](OC(C)=O)[C@@]2(C)Oc3cc(-c4cccnc4)oc(=O)c3[C@H](O)[C@@H]2C1. The van der Waals surface area contributed by atoms with Gasteiger partial charge in [0.2, 0.25) is 0 Å². The molecule has 0 aromatic carbocycles. The van der Waals surface area contributed by atoms with E-state index in [9.17, 15) is 24.3 Å². The predicted molar refractivity (Wildman–Crippen MR) is 131 cm³/mol. The maximum absolute atomic E-state index is 13.1. The van der Waals surface area contributed by atoms with Crippen molar-refractivity contribution in [3.63, 3.8) is 0 Å². The first kappa shape index (κ1) is 27.3. The Morgan fingerprint density at radius 2 is 1.92 bits per heavy atom. The molecule has 1 saturated carbocycles. The van der Waals surface area contributed by atoms with E-state index >= 15 is 0 Å². The van der Waals surface area contributed by atoms with Gasteiger partial charge in [-0.25, -0.2) is 4.79 Å². The minimum Gasteiger partial charge on any atom is -0.482 e. The minimum atomic E-state index is -1.35. The van der Waals surface area contributed by atoms with E-state index in [1.807, 2.05) is 0 Å². The number of rotatable bonds is 6. The van der Waals surface area contributed by atoms with Crippen molar-refractivity contribution in [1.29, 1.82) is 0 Å². The molecular weight excluding hydrogens is 498 g/mol.